The van der Waals surface area contributed by atoms with Crippen LogP contribution in [0.25, 0.3) is 0 Å². The number of aliphatic hydroxyl groups is 1. The fourth-order valence-corrected chi connectivity index (χ4v) is 8.08. The van der Waals surface area contributed by atoms with Crippen LogP contribution < -0.4 is 0 Å². The van der Waals surface area contributed by atoms with Crippen LogP contribution in [0.2, 0.25) is 0 Å². The van der Waals surface area contributed by atoms with Crippen LogP contribution in [-0.4, -0.2) is 40.8 Å². The molecule has 160 valence electrons. The number of hydrogen-bond donors (Lipinski definition) is 1. The van der Waals surface area contributed by atoms with Gasteiger partial charge in [-0.2, -0.15) is 0 Å². The first-order valence-corrected chi connectivity index (χ1v) is 11.3. The zero-order chi connectivity index (χ0) is 20.8. The van der Waals surface area contributed by atoms with E-state index in [4.69, 9.17) is 9.47 Å². The minimum atomic E-state index is -0.862. The van der Waals surface area contributed by atoms with E-state index >= 15 is 0 Å². The Morgan fingerprint density at radius 3 is 2.66 bits per heavy atom. The van der Waals surface area contributed by atoms with Crippen molar-refractivity contribution >= 4 is 11.6 Å². The lowest BCUT2D eigenvalue weighted by Gasteiger charge is -2.61. The van der Waals surface area contributed by atoms with E-state index in [0.717, 1.165) is 19.3 Å². The number of hydrogen-bond acceptors (Lipinski definition) is 5. The van der Waals surface area contributed by atoms with E-state index in [1.807, 2.05) is 13.8 Å². The Morgan fingerprint density at radius 1 is 1.14 bits per heavy atom. The van der Waals surface area contributed by atoms with Gasteiger partial charge >= 0.3 is 0 Å². The summed E-state index contributed by atoms with van der Waals surface area (Å²) in [7, 11) is 0. The first kappa shape index (κ1) is 19.9. The van der Waals surface area contributed by atoms with Crippen LogP contribution in [-0.2, 0) is 19.1 Å². The van der Waals surface area contributed by atoms with Gasteiger partial charge in [0.2, 0.25) is 0 Å². The average Bonchev–Trinajstić information content (AvgIpc) is 2.91. The zero-order valence-corrected chi connectivity index (χ0v) is 18.1. The molecule has 7 atom stereocenters. The maximum absolute atomic E-state index is 13.2. The van der Waals surface area contributed by atoms with Crippen molar-refractivity contribution in [2.75, 3.05) is 6.61 Å². The van der Waals surface area contributed by atoms with Crippen LogP contribution in [0.3, 0.4) is 0 Å². The second kappa shape index (κ2) is 6.02. The quantitative estimate of drug-likeness (QED) is 0.627. The topological polar surface area (TPSA) is 72.8 Å². The van der Waals surface area contributed by atoms with Crippen LogP contribution in [0.1, 0.15) is 72.6 Å². The standard InChI is InChI=1S/C24H34O5/c1-21(2)28-13-19(27)24(29-21)10-8-17-16-6-5-14-11-15(25)7-9-22(14,3)20(16)18(26)12-23(17,24)4/h5,16-18,20,26H,6-13H2,1-4H3. The third kappa shape index (κ3) is 2.50. The summed E-state index contributed by atoms with van der Waals surface area (Å²) in [5, 5.41) is 11.5. The lowest BCUT2D eigenvalue weighted by molar-refractivity contribution is -0.316. The number of aliphatic hydroxyl groups excluding tert-OH is 1. The number of rotatable bonds is 0. The molecular formula is C24H34O5. The molecule has 3 saturated carbocycles. The molecule has 5 nitrogen and oxygen atoms in total. The number of ether oxygens (including phenoxy) is 2. The molecule has 0 aromatic rings. The van der Waals surface area contributed by atoms with Gasteiger partial charge in [-0.25, -0.2) is 0 Å². The monoisotopic (exact) mass is 402 g/mol. The SMILES string of the molecule is CC1(C)OCC(=O)C2(CCC3C4CC=C5CC(=O)CCC5(C)C4C(O)CC32C)O1. The van der Waals surface area contributed by atoms with E-state index in [9.17, 15) is 14.7 Å². The van der Waals surface area contributed by atoms with Gasteiger partial charge in [-0.3, -0.25) is 9.59 Å². The number of fused-ring (bicyclic) bond motifs is 6. The Hall–Kier alpha value is -1.04. The number of ketones is 2. The molecule has 0 aromatic heterocycles. The molecule has 7 unspecified atom stereocenters. The van der Waals surface area contributed by atoms with Crippen molar-refractivity contribution in [2.24, 2.45) is 28.6 Å². The summed E-state index contributed by atoms with van der Waals surface area (Å²) < 4.78 is 12.1. The van der Waals surface area contributed by atoms with E-state index in [1.165, 1.54) is 5.57 Å². The summed E-state index contributed by atoms with van der Waals surface area (Å²) >= 11 is 0. The molecular weight excluding hydrogens is 368 g/mol. The van der Waals surface area contributed by atoms with Crippen molar-refractivity contribution in [3.8, 4) is 0 Å². The van der Waals surface area contributed by atoms with Crippen LogP contribution in [0.4, 0.5) is 0 Å². The fraction of sp³-hybridized carbons (Fsp3) is 0.833. The summed E-state index contributed by atoms with van der Waals surface area (Å²) in [4.78, 5) is 25.2. The Kier molecular flexibility index (Phi) is 4.13. The third-order valence-electron chi connectivity index (χ3n) is 9.41. The third-order valence-corrected chi connectivity index (χ3v) is 9.41. The van der Waals surface area contributed by atoms with E-state index in [-0.39, 0.29) is 23.7 Å². The molecule has 1 N–H and O–H groups in total. The lowest BCUT2D eigenvalue weighted by Crippen LogP contribution is -2.66. The van der Waals surface area contributed by atoms with Gasteiger partial charge in [-0.15, -0.1) is 0 Å². The van der Waals surface area contributed by atoms with Crippen molar-refractivity contribution in [1.29, 1.82) is 0 Å². The minimum absolute atomic E-state index is 0.0361. The molecule has 5 aliphatic rings. The molecule has 1 heterocycles. The Balaban J connectivity index is 1.55. The first-order chi connectivity index (χ1) is 13.5. The van der Waals surface area contributed by atoms with Crippen LogP contribution >= 0.6 is 0 Å². The largest absolute Gasteiger partial charge is 0.393 e. The predicted octanol–water partition coefficient (Wildman–Crippen LogP) is 3.58. The van der Waals surface area contributed by atoms with Crippen molar-refractivity contribution in [3.63, 3.8) is 0 Å². The zero-order valence-electron chi connectivity index (χ0n) is 18.1. The average molecular weight is 403 g/mol. The molecule has 0 bridgehead atoms. The van der Waals surface area contributed by atoms with Gasteiger partial charge < -0.3 is 14.6 Å². The van der Waals surface area contributed by atoms with Gasteiger partial charge in [-0.1, -0.05) is 25.5 Å². The molecule has 29 heavy (non-hydrogen) atoms. The number of carbonyl (C=O) groups excluding carboxylic acids is 2. The fourth-order valence-electron chi connectivity index (χ4n) is 8.08. The van der Waals surface area contributed by atoms with Crippen molar-refractivity contribution < 1.29 is 24.2 Å². The number of allylic oxidation sites excluding steroid dienone is 2. The maximum Gasteiger partial charge on any atom is 0.190 e. The van der Waals surface area contributed by atoms with Gasteiger partial charge in [0.05, 0.1) is 6.10 Å². The Labute approximate surface area is 173 Å². The number of carbonyl (C=O) groups is 2. The van der Waals surface area contributed by atoms with Crippen LogP contribution in [0.15, 0.2) is 11.6 Å². The molecule has 4 aliphatic carbocycles. The molecule has 0 amide bonds. The van der Waals surface area contributed by atoms with Gasteiger partial charge in [0.1, 0.15) is 18.0 Å². The highest BCUT2D eigenvalue weighted by atomic mass is 16.7. The van der Waals surface area contributed by atoms with E-state index in [1.54, 1.807) is 0 Å². The van der Waals surface area contributed by atoms with E-state index in [0.29, 0.717) is 43.3 Å². The van der Waals surface area contributed by atoms with Crippen molar-refractivity contribution in [3.05, 3.63) is 11.6 Å². The molecule has 1 saturated heterocycles. The molecule has 1 spiro atoms. The second-order valence-corrected chi connectivity index (χ2v) is 11.2. The molecule has 0 aromatic carbocycles. The van der Waals surface area contributed by atoms with Crippen LogP contribution in [0, 0.1) is 28.6 Å². The molecule has 5 rings (SSSR count). The molecule has 5 heteroatoms. The van der Waals surface area contributed by atoms with E-state index < -0.39 is 22.9 Å². The Bertz CT molecular complexity index is 799. The van der Waals surface area contributed by atoms with E-state index in [2.05, 4.69) is 19.9 Å². The lowest BCUT2D eigenvalue weighted by atomic mass is 9.46. The summed E-state index contributed by atoms with van der Waals surface area (Å²) in [6.07, 6.45) is 6.93. The second-order valence-electron chi connectivity index (χ2n) is 11.2. The highest BCUT2D eigenvalue weighted by Crippen LogP contribution is 2.68. The smallest absolute Gasteiger partial charge is 0.190 e. The normalized spacial score (nSPS) is 51.3. The first-order valence-electron chi connectivity index (χ1n) is 11.3. The highest BCUT2D eigenvalue weighted by Gasteiger charge is 2.71. The predicted molar refractivity (Wildman–Crippen MR) is 107 cm³/mol. The molecule has 4 fully saturated rings. The van der Waals surface area contributed by atoms with Crippen LogP contribution in [0.5, 0.6) is 0 Å². The van der Waals surface area contributed by atoms with Gasteiger partial charge in [0.25, 0.3) is 0 Å². The Morgan fingerprint density at radius 2 is 1.90 bits per heavy atom. The minimum Gasteiger partial charge on any atom is -0.393 e. The summed E-state index contributed by atoms with van der Waals surface area (Å²) in [5.74, 6) is 0.392. The summed E-state index contributed by atoms with van der Waals surface area (Å²) in [5.41, 5.74) is -0.117. The van der Waals surface area contributed by atoms with Gasteiger partial charge in [0.15, 0.2) is 11.6 Å². The van der Waals surface area contributed by atoms with Crippen molar-refractivity contribution in [1.82, 2.24) is 0 Å². The summed E-state index contributed by atoms with van der Waals surface area (Å²) in [6.45, 7) is 8.29. The molecule has 1 aliphatic heterocycles. The number of Topliss-reactive ketones (excluding diaryl/α,β-unsaturated/α-hetero) is 2. The van der Waals surface area contributed by atoms with Gasteiger partial charge in [0, 0.05) is 18.3 Å². The van der Waals surface area contributed by atoms with Crippen molar-refractivity contribution in [2.45, 2.75) is 90.1 Å². The summed E-state index contributed by atoms with van der Waals surface area (Å²) in [6, 6.07) is 0. The van der Waals surface area contributed by atoms with Gasteiger partial charge in [-0.05, 0) is 69.1 Å². The highest BCUT2D eigenvalue weighted by molar-refractivity contribution is 5.90. The molecule has 0 radical (unpaired) electrons. The maximum atomic E-state index is 13.2.